The lowest BCUT2D eigenvalue weighted by molar-refractivity contribution is 0.173. The van der Waals surface area contributed by atoms with E-state index in [1.165, 1.54) is 71.2 Å². The van der Waals surface area contributed by atoms with Crippen molar-refractivity contribution in [3.8, 4) is 0 Å². The third-order valence-electron chi connectivity index (χ3n) is 5.09. The Bertz CT molecular complexity index is 262. The normalized spacial score (nSPS) is 35.8. The Hall–Kier alpha value is -0.120. The predicted octanol–water partition coefficient (Wildman–Crippen LogP) is 1.69. The van der Waals surface area contributed by atoms with Crippen molar-refractivity contribution in [2.24, 2.45) is 0 Å². The minimum absolute atomic E-state index is 0.662. The van der Waals surface area contributed by atoms with Crippen LogP contribution in [-0.4, -0.2) is 60.6 Å². The second-order valence-corrected chi connectivity index (χ2v) is 6.57. The van der Waals surface area contributed by atoms with E-state index in [-0.39, 0.29) is 0 Å². The SMILES string of the molecule is CC(CN1CCCC1)NC1CCN2CCCCC12. The van der Waals surface area contributed by atoms with Crippen molar-refractivity contribution in [1.82, 2.24) is 15.1 Å². The molecule has 3 rings (SSSR count). The Morgan fingerprint density at radius 2 is 1.78 bits per heavy atom. The van der Waals surface area contributed by atoms with Crippen LogP contribution in [0.4, 0.5) is 0 Å². The van der Waals surface area contributed by atoms with Crippen molar-refractivity contribution in [3.63, 3.8) is 0 Å². The van der Waals surface area contributed by atoms with Gasteiger partial charge in [0.15, 0.2) is 0 Å². The summed E-state index contributed by atoms with van der Waals surface area (Å²) < 4.78 is 0. The summed E-state index contributed by atoms with van der Waals surface area (Å²) in [5, 5.41) is 3.92. The fraction of sp³-hybridized carbons (Fsp3) is 1.00. The number of hydrogen-bond donors (Lipinski definition) is 1. The maximum absolute atomic E-state index is 3.92. The minimum Gasteiger partial charge on any atom is -0.309 e. The van der Waals surface area contributed by atoms with Crippen molar-refractivity contribution in [3.05, 3.63) is 0 Å². The molecule has 3 nitrogen and oxygen atoms in total. The number of piperidine rings is 1. The highest BCUT2D eigenvalue weighted by atomic mass is 15.2. The number of fused-ring (bicyclic) bond motifs is 1. The van der Waals surface area contributed by atoms with Gasteiger partial charge in [0.2, 0.25) is 0 Å². The van der Waals surface area contributed by atoms with Crippen molar-refractivity contribution in [1.29, 1.82) is 0 Å². The van der Waals surface area contributed by atoms with Crippen LogP contribution in [0.1, 0.15) is 45.4 Å². The van der Waals surface area contributed by atoms with Gasteiger partial charge in [-0.3, -0.25) is 4.90 Å². The van der Waals surface area contributed by atoms with Crippen LogP contribution in [-0.2, 0) is 0 Å². The van der Waals surface area contributed by atoms with E-state index < -0.39 is 0 Å². The molecule has 3 atom stereocenters. The zero-order chi connectivity index (χ0) is 12.4. The van der Waals surface area contributed by atoms with E-state index in [1.54, 1.807) is 0 Å². The largest absolute Gasteiger partial charge is 0.309 e. The molecular formula is C15H29N3. The van der Waals surface area contributed by atoms with Crippen LogP contribution in [0, 0.1) is 0 Å². The molecule has 0 aromatic carbocycles. The van der Waals surface area contributed by atoms with Crippen molar-refractivity contribution >= 4 is 0 Å². The first-order chi connectivity index (χ1) is 8.83. The summed E-state index contributed by atoms with van der Waals surface area (Å²) >= 11 is 0. The summed E-state index contributed by atoms with van der Waals surface area (Å²) in [6.45, 7) is 8.97. The predicted molar refractivity (Wildman–Crippen MR) is 75.9 cm³/mol. The molecule has 3 heteroatoms. The van der Waals surface area contributed by atoms with Crippen molar-refractivity contribution < 1.29 is 0 Å². The van der Waals surface area contributed by atoms with Crippen LogP contribution >= 0.6 is 0 Å². The van der Waals surface area contributed by atoms with E-state index in [4.69, 9.17) is 0 Å². The molecule has 3 saturated heterocycles. The first-order valence-corrected chi connectivity index (χ1v) is 8.05. The molecule has 3 aliphatic rings. The van der Waals surface area contributed by atoms with Crippen LogP contribution < -0.4 is 5.32 Å². The second-order valence-electron chi connectivity index (χ2n) is 6.57. The fourth-order valence-electron chi connectivity index (χ4n) is 4.21. The molecule has 0 aliphatic carbocycles. The Labute approximate surface area is 112 Å². The van der Waals surface area contributed by atoms with Gasteiger partial charge in [0, 0.05) is 31.2 Å². The van der Waals surface area contributed by atoms with Crippen LogP contribution in [0.2, 0.25) is 0 Å². The highest BCUT2D eigenvalue weighted by Gasteiger charge is 2.35. The third kappa shape index (κ3) is 2.89. The van der Waals surface area contributed by atoms with Gasteiger partial charge in [-0.15, -0.1) is 0 Å². The quantitative estimate of drug-likeness (QED) is 0.820. The van der Waals surface area contributed by atoms with Gasteiger partial charge in [-0.2, -0.15) is 0 Å². The van der Waals surface area contributed by atoms with Gasteiger partial charge in [-0.05, 0) is 58.7 Å². The maximum Gasteiger partial charge on any atom is 0.0249 e. The van der Waals surface area contributed by atoms with Crippen LogP contribution in [0.25, 0.3) is 0 Å². The molecule has 3 unspecified atom stereocenters. The van der Waals surface area contributed by atoms with Gasteiger partial charge in [0.25, 0.3) is 0 Å². The Balaban J connectivity index is 1.46. The topological polar surface area (TPSA) is 18.5 Å². The Morgan fingerprint density at radius 1 is 1.00 bits per heavy atom. The molecule has 104 valence electrons. The molecule has 1 N–H and O–H groups in total. The number of nitrogens with one attached hydrogen (secondary N) is 1. The first-order valence-electron chi connectivity index (χ1n) is 8.05. The van der Waals surface area contributed by atoms with E-state index in [0.29, 0.717) is 6.04 Å². The number of hydrogen-bond acceptors (Lipinski definition) is 3. The summed E-state index contributed by atoms with van der Waals surface area (Å²) in [4.78, 5) is 5.36. The van der Waals surface area contributed by atoms with Crippen LogP contribution in [0.15, 0.2) is 0 Å². The van der Waals surface area contributed by atoms with Gasteiger partial charge in [0.05, 0.1) is 0 Å². The average Bonchev–Trinajstić information content (AvgIpc) is 3.00. The van der Waals surface area contributed by atoms with E-state index >= 15 is 0 Å². The first kappa shape index (κ1) is 12.9. The molecule has 0 aromatic heterocycles. The van der Waals surface area contributed by atoms with E-state index in [0.717, 1.165) is 12.1 Å². The Morgan fingerprint density at radius 3 is 2.61 bits per heavy atom. The van der Waals surface area contributed by atoms with Crippen molar-refractivity contribution in [2.75, 3.05) is 32.7 Å². The molecule has 3 heterocycles. The standard InChI is InChI=1S/C15H29N3/c1-13(12-17-8-4-5-9-17)16-14-7-11-18-10-3-2-6-15(14)18/h13-16H,2-12H2,1H3. The molecule has 0 radical (unpaired) electrons. The summed E-state index contributed by atoms with van der Waals surface area (Å²) in [6.07, 6.45) is 8.48. The van der Waals surface area contributed by atoms with Gasteiger partial charge >= 0.3 is 0 Å². The molecule has 0 aromatic rings. The van der Waals surface area contributed by atoms with Gasteiger partial charge in [0.1, 0.15) is 0 Å². The second kappa shape index (κ2) is 5.89. The lowest BCUT2D eigenvalue weighted by atomic mass is 9.98. The van der Waals surface area contributed by atoms with Gasteiger partial charge < -0.3 is 10.2 Å². The summed E-state index contributed by atoms with van der Waals surface area (Å²) in [7, 11) is 0. The maximum atomic E-state index is 3.92. The lowest BCUT2D eigenvalue weighted by Gasteiger charge is -2.34. The molecule has 3 fully saturated rings. The lowest BCUT2D eigenvalue weighted by Crippen LogP contribution is -2.50. The molecule has 0 saturated carbocycles. The Kier molecular flexibility index (Phi) is 4.22. The molecule has 0 spiro atoms. The monoisotopic (exact) mass is 251 g/mol. The molecular weight excluding hydrogens is 222 g/mol. The van der Waals surface area contributed by atoms with Crippen LogP contribution in [0.5, 0.6) is 0 Å². The number of likely N-dealkylation sites (tertiary alicyclic amines) is 1. The number of nitrogens with zero attached hydrogens (tertiary/aromatic N) is 2. The van der Waals surface area contributed by atoms with E-state index in [9.17, 15) is 0 Å². The summed E-state index contributed by atoms with van der Waals surface area (Å²) in [6, 6.07) is 2.28. The molecule has 3 aliphatic heterocycles. The summed E-state index contributed by atoms with van der Waals surface area (Å²) in [5.74, 6) is 0. The average molecular weight is 251 g/mol. The highest BCUT2D eigenvalue weighted by Crippen LogP contribution is 2.27. The molecule has 0 amide bonds. The van der Waals surface area contributed by atoms with Gasteiger partial charge in [-0.1, -0.05) is 6.42 Å². The van der Waals surface area contributed by atoms with Crippen molar-refractivity contribution in [2.45, 2.75) is 63.6 Å². The molecule has 18 heavy (non-hydrogen) atoms. The zero-order valence-corrected chi connectivity index (χ0v) is 11.9. The third-order valence-corrected chi connectivity index (χ3v) is 5.09. The van der Waals surface area contributed by atoms with E-state index in [2.05, 4.69) is 22.0 Å². The fourth-order valence-corrected chi connectivity index (χ4v) is 4.21. The summed E-state index contributed by atoms with van der Waals surface area (Å²) in [5.41, 5.74) is 0. The zero-order valence-electron chi connectivity index (χ0n) is 11.9. The highest BCUT2D eigenvalue weighted by molar-refractivity contribution is 4.95. The van der Waals surface area contributed by atoms with Gasteiger partial charge in [-0.25, -0.2) is 0 Å². The van der Waals surface area contributed by atoms with Crippen LogP contribution in [0.3, 0.4) is 0 Å². The minimum atomic E-state index is 0.662. The van der Waals surface area contributed by atoms with E-state index in [1.807, 2.05) is 0 Å². The number of rotatable bonds is 4. The molecule has 0 bridgehead atoms. The smallest absolute Gasteiger partial charge is 0.0249 e.